The van der Waals surface area contributed by atoms with E-state index in [1.807, 2.05) is 25.1 Å². The van der Waals surface area contributed by atoms with Crippen LogP contribution in [0.4, 0.5) is 0 Å². The van der Waals surface area contributed by atoms with Gasteiger partial charge in [-0.1, -0.05) is 38.5 Å². The van der Waals surface area contributed by atoms with Gasteiger partial charge in [0.1, 0.15) is 16.9 Å². The summed E-state index contributed by atoms with van der Waals surface area (Å²) in [5, 5.41) is 12.2. The van der Waals surface area contributed by atoms with Crippen LogP contribution in [-0.4, -0.2) is 5.11 Å². The van der Waals surface area contributed by atoms with Gasteiger partial charge < -0.3 is 9.52 Å². The summed E-state index contributed by atoms with van der Waals surface area (Å²) in [6, 6.07) is 8.16. The van der Waals surface area contributed by atoms with Gasteiger partial charge in [-0.2, -0.15) is 0 Å². The lowest BCUT2D eigenvalue weighted by atomic mass is 9.71. The molecule has 1 heterocycles. The summed E-state index contributed by atoms with van der Waals surface area (Å²) in [5.74, 6) is 1.55. The molecule has 1 aliphatic carbocycles. The molecule has 1 aromatic heterocycles. The Bertz CT molecular complexity index is 598. The summed E-state index contributed by atoms with van der Waals surface area (Å²) in [4.78, 5) is 0. The minimum atomic E-state index is -0.802. The van der Waals surface area contributed by atoms with Crippen LogP contribution in [0.3, 0.4) is 0 Å². The molecular weight excluding hydrogens is 236 g/mol. The van der Waals surface area contributed by atoms with E-state index in [1.165, 1.54) is 6.42 Å². The third-order valence-electron chi connectivity index (χ3n) is 4.74. The van der Waals surface area contributed by atoms with E-state index in [-0.39, 0.29) is 5.92 Å². The fraction of sp³-hybridized carbons (Fsp3) is 0.529. The van der Waals surface area contributed by atoms with E-state index < -0.39 is 5.60 Å². The topological polar surface area (TPSA) is 33.4 Å². The number of rotatable bonds is 1. The standard InChI is InChI=1S/C17H22O2/c1-11-7-8-13(3)17(18,10-11)15-9-14-6-4-5-12(2)16(14)19-15/h4-6,9,11,13,18H,7-8,10H2,1-3H3. The van der Waals surface area contributed by atoms with Crippen molar-refractivity contribution in [3.05, 3.63) is 35.6 Å². The molecule has 1 fully saturated rings. The first kappa shape index (κ1) is 12.7. The number of aliphatic hydroxyl groups is 1. The van der Waals surface area contributed by atoms with Gasteiger partial charge in [-0.05, 0) is 43.2 Å². The highest BCUT2D eigenvalue weighted by Gasteiger charge is 2.42. The number of furan rings is 1. The predicted molar refractivity (Wildman–Crippen MR) is 77.0 cm³/mol. The Hall–Kier alpha value is -1.28. The average molecular weight is 258 g/mol. The number of hydrogen-bond acceptors (Lipinski definition) is 2. The highest BCUT2D eigenvalue weighted by molar-refractivity contribution is 5.81. The zero-order valence-corrected chi connectivity index (χ0v) is 11.9. The molecule has 2 aromatic rings. The van der Waals surface area contributed by atoms with Crippen molar-refractivity contribution >= 4 is 11.0 Å². The first-order chi connectivity index (χ1) is 9.00. The maximum Gasteiger partial charge on any atom is 0.137 e. The van der Waals surface area contributed by atoms with Crippen molar-refractivity contribution in [2.45, 2.75) is 45.6 Å². The smallest absolute Gasteiger partial charge is 0.137 e. The van der Waals surface area contributed by atoms with E-state index in [0.717, 1.165) is 35.1 Å². The van der Waals surface area contributed by atoms with Crippen molar-refractivity contribution < 1.29 is 9.52 Å². The van der Waals surface area contributed by atoms with Crippen LogP contribution in [0, 0.1) is 18.8 Å². The van der Waals surface area contributed by atoms with Gasteiger partial charge in [0, 0.05) is 5.39 Å². The maximum absolute atomic E-state index is 11.1. The highest BCUT2D eigenvalue weighted by atomic mass is 16.4. The normalized spacial score (nSPS) is 31.8. The van der Waals surface area contributed by atoms with Crippen molar-refractivity contribution in [2.24, 2.45) is 11.8 Å². The molecule has 1 N–H and O–H groups in total. The molecular formula is C17H22O2. The van der Waals surface area contributed by atoms with Gasteiger partial charge >= 0.3 is 0 Å². The SMILES string of the molecule is Cc1cccc2cc(C3(O)CC(C)CCC3C)oc12. The summed E-state index contributed by atoms with van der Waals surface area (Å²) in [6.07, 6.45) is 3.06. The van der Waals surface area contributed by atoms with E-state index in [1.54, 1.807) is 0 Å². The van der Waals surface area contributed by atoms with Gasteiger partial charge in [-0.25, -0.2) is 0 Å². The van der Waals surface area contributed by atoms with Crippen LogP contribution in [-0.2, 0) is 5.60 Å². The molecule has 0 saturated heterocycles. The minimum Gasteiger partial charge on any atom is -0.458 e. The molecule has 3 rings (SSSR count). The van der Waals surface area contributed by atoms with Crippen LogP contribution < -0.4 is 0 Å². The van der Waals surface area contributed by atoms with Crippen molar-refractivity contribution in [3.63, 3.8) is 0 Å². The molecule has 2 nitrogen and oxygen atoms in total. The fourth-order valence-corrected chi connectivity index (χ4v) is 3.37. The summed E-state index contributed by atoms with van der Waals surface area (Å²) in [7, 11) is 0. The maximum atomic E-state index is 11.1. The number of fused-ring (bicyclic) bond motifs is 1. The largest absolute Gasteiger partial charge is 0.458 e. The molecule has 3 atom stereocenters. The number of hydrogen-bond donors (Lipinski definition) is 1. The molecule has 2 heteroatoms. The number of aryl methyl sites for hydroxylation is 1. The lowest BCUT2D eigenvalue weighted by Gasteiger charge is -2.39. The van der Waals surface area contributed by atoms with Crippen molar-refractivity contribution in [3.8, 4) is 0 Å². The Labute approximate surface area is 114 Å². The molecule has 0 amide bonds. The van der Waals surface area contributed by atoms with Crippen molar-refractivity contribution in [1.29, 1.82) is 0 Å². The zero-order valence-electron chi connectivity index (χ0n) is 11.9. The second-order valence-electron chi connectivity index (χ2n) is 6.32. The van der Waals surface area contributed by atoms with Gasteiger partial charge in [0.2, 0.25) is 0 Å². The van der Waals surface area contributed by atoms with Crippen LogP contribution in [0.1, 0.15) is 44.4 Å². The van der Waals surface area contributed by atoms with Gasteiger partial charge in [-0.15, -0.1) is 0 Å². The molecule has 1 aliphatic rings. The highest BCUT2D eigenvalue weighted by Crippen LogP contribution is 2.45. The quantitative estimate of drug-likeness (QED) is 0.823. The van der Waals surface area contributed by atoms with Gasteiger partial charge in [0.05, 0.1) is 0 Å². The van der Waals surface area contributed by atoms with Crippen LogP contribution in [0.15, 0.2) is 28.7 Å². The van der Waals surface area contributed by atoms with Crippen LogP contribution in [0.25, 0.3) is 11.0 Å². The molecule has 102 valence electrons. The Balaban J connectivity index is 2.09. The van der Waals surface area contributed by atoms with Gasteiger partial charge in [-0.3, -0.25) is 0 Å². The second-order valence-corrected chi connectivity index (χ2v) is 6.32. The first-order valence-corrected chi connectivity index (χ1v) is 7.22. The predicted octanol–water partition coefficient (Wildman–Crippen LogP) is 4.38. The van der Waals surface area contributed by atoms with Crippen LogP contribution in [0.2, 0.25) is 0 Å². The minimum absolute atomic E-state index is 0.254. The van der Waals surface area contributed by atoms with E-state index in [4.69, 9.17) is 4.42 Å². The van der Waals surface area contributed by atoms with Gasteiger partial charge in [0.25, 0.3) is 0 Å². The molecule has 19 heavy (non-hydrogen) atoms. The molecule has 3 unspecified atom stereocenters. The summed E-state index contributed by atoms with van der Waals surface area (Å²) < 4.78 is 6.01. The lowest BCUT2D eigenvalue weighted by Crippen LogP contribution is -2.38. The fourth-order valence-electron chi connectivity index (χ4n) is 3.37. The van der Waals surface area contributed by atoms with E-state index >= 15 is 0 Å². The second kappa shape index (κ2) is 4.38. The third kappa shape index (κ3) is 1.99. The molecule has 1 aromatic carbocycles. The third-order valence-corrected chi connectivity index (χ3v) is 4.74. The first-order valence-electron chi connectivity index (χ1n) is 7.22. The van der Waals surface area contributed by atoms with Crippen LogP contribution in [0.5, 0.6) is 0 Å². The van der Waals surface area contributed by atoms with E-state index in [9.17, 15) is 5.11 Å². The molecule has 0 aliphatic heterocycles. The molecule has 1 saturated carbocycles. The molecule has 0 spiro atoms. The number of para-hydroxylation sites is 1. The van der Waals surface area contributed by atoms with E-state index in [2.05, 4.69) is 19.9 Å². The average Bonchev–Trinajstić information content (AvgIpc) is 2.80. The molecule has 0 radical (unpaired) electrons. The number of benzene rings is 1. The van der Waals surface area contributed by atoms with Gasteiger partial charge in [0.15, 0.2) is 0 Å². The Morgan fingerprint density at radius 2 is 2.05 bits per heavy atom. The van der Waals surface area contributed by atoms with Crippen molar-refractivity contribution in [1.82, 2.24) is 0 Å². The molecule has 0 bridgehead atoms. The Kier molecular flexibility index (Phi) is 2.94. The monoisotopic (exact) mass is 258 g/mol. The van der Waals surface area contributed by atoms with E-state index in [0.29, 0.717) is 5.92 Å². The Morgan fingerprint density at radius 1 is 1.26 bits per heavy atom. The summed E-state index contributed by atoms with van der Waals surface area (Å²) >= 11 is 0. The Morgan fingerprint density at radius 3 is 2.79 bits per heavy atom. The zero-order chi connectivity index (χ0) is 13.6. The van der Waals surface area contributed by atoms with Crippen molar-refractivity contribution in [2.75, 3.05) is 0 Å². The summed E-state index contributed by atoms with van der Waals surface area (Å²) in [5.41, 5.74) is 1.24. The lowest BCUT2D eigenvalue weighted by molar-refractivity contribution is -0.0773. The van der Waals surface area contributed by atoms with Crippen LogP contribution >= 0.6 is 0 Å². The summed E-state index contributed by atoms with van der Waals surface area (Å²) in [6.45, 7) is 6.39.